The number of carbonyl (C=O) groups is 1. The van der Waals surface area contributed by atoms with E-state index in [2.05, 4.69) is 12.2 Å². The smallest absolute Gasteiger partial charge is 0.251 e. The lowest BCUT2D eigenvalue weighted by atomic mass is 9.80. The fraction of sp³-hybridized carbons (Fsp3) is 0.909. The highest BCUT2D eigenvalue weighted by molar-refractivity contribution is 5.84. The van der Waals surface area contributed by atoms with E-state index in [-0.39, 0.29) is 11.9 Å². The van der Waals surface area contributed by atoms with Crippen molar-refractivity contribution in [3.8, 4) is 0 Å². The number of nitrogens with one attached hydrogen (secondary N) is 1. The number of hydrogen-bond donors (Lipinski definition) is 1. The van der Waals surface area contributed by atoms with Crippen LogP contribution in [-0.4, -0.2) is 24.7 Å². The van der Waals surface area contributed by atoms with Crippen LogP contribution in [0.5, 0.6) is 0 Å². The average Bonchev–Trinajstić information content (AvgIpc) is 2.00. The zero-order chi connectivity index (χ0) is 10.8. The first-order valence-corrected chi connectivity index (χ1v) is 5.33. The predicted molar refractivity (Wildman–Crippen MR) is 56.0 cm³/mol. The van der Waals surface area contributed by atoms with E-state index in [0.717, 1.165) is 0 Å². The Bertz CT molecular complexity index is 209. The van der Waals surface area contributed by atoms with Crippen LogP contribution in [-0.2, 0) is 9.53 Å². The van der Waals surface area contributed by atoms with Gasteiger partial charge in [0.1, 0.15) is 5.60 Å². The molecule has 1 saturated carbocycles. The Morgan fingerprint density at radius 1 is 1.50 bits per heavy atom. The van der Waals surface area contributed by atoms with Gasteiger partial charge >= 0.3 is 0 Å². The van der Waals surface area contributed by atoms with Crippen molar-refractivity contribution in [3.63, 3.8) is 0 Å². The second kappa shape index (κ2) is 4.30. The zero-order valence-electron chi connectivity index (χ0n) is 9.59. The highest BCUT2D eigenvalue weighted by atomic mass is 16.5. The minimum absolute atomic E-state index is 0.0144. The van der Waals surface area contributed by atoms with Gasteiger partial charge in [-0.1, -0.05) is 6.42 Å². The first-order valence-electron chi connectivity index (χ1n) is 5.33. The van der Waals surface area contributed by atoms with Crippen LogP contribution >= 0.6 is 0 Å². The number of methoxy groups -OCH3 is 1. The third-order valence-electron chi connectivity index (χ3n) is 3.27. The standard InChI is InChI=1S/C11H21NO2/c1-8(9-6-5-7-9)12-10(13)11(2,3)14-4/h8-9H,5-7H2,1-4H3,(H,12,13). The second-order valence-electron chi connectivity index (χ2n) is 4.67. The molecule has 1 aliphatic carbocycles. The third kappa shape index (κ3) is 2.47. The van der Waals surface area contributed by atoms with Crippen molar-refractivity contribution in [2.75, 3.05) is 7.11 Å². The van der Waals surface area contributed by atoms with Crippen LogP contribution in [0.2, 0.25) is 0 Å². The molecule has 1 atom stereocenters. The van der Waals surface area contributed by atoms with Crippen LogP contribution in [0.15, 0.2) is 0 Å². The van der Waals surface area contributed by atoms with Crippen molar-refractivity contribution in [2.45, 2.75) is 51.7 Å². The summed E-state index contributed by atoms with van der Waals surface area (Å²) in [7, 11) is 1.56. The van der Waals surface area contributed by atoms with Gasteiger partial charge in [-0.25, -0.2) is 0 Å². The van der Waals surface area contributed by atoms with Crippen molar-refractivity contribution in [1.29, 1.82) is 0 Å². The molecule has 1 aliphatic rings. The Labute approximate surface area is 86.2 Å². The van der Waals surface area contributed by atoms with Gasteiger partial charge < -0.3 is 10.1 Å². The number of ether oxygens (including phenoxy) is 1. The van der Waals surface area contributed by atoms with Crippen LogP contribution in [0, 0.1) is 5.92 Å². The SMILES string of the molecule is COC(C)(C)C(=O)NC(C)C1CCC1. The molecule has 3 nitrogen and oxygen atoms in total. The fourth-order valence-corrected chi connectivity index (χ4v) is 1.53. The van der Waals surface area contributed by atoms with Gasteiger partial charge in [0.2, 0.25) is 0 Å². The number of hydrogen-bond acceptors (Lipinski definition) is 2. The molecule has 3 heteroatoms. The molecule has 0 aromatic carbocycles. The fourth-order valence-electron chi connectivity index (χ4n) is 1.53. The largest absolute Gasteiger partial charge is 0.369 e. The molecule has 1 fully saturated rings. The topological polar surface area (TPSA) is 38.3 Å². The summed E-state index contributed by atoms with van der Waals surface area (Å²) in [5, 5.41) is 3.01. The summed E-state index contributed by atoms with van der Waals surface area (Å²) >= 11 is 0. The summed E-state index contributed by atoms with van der Waals surface area (Å²) < 4.78 is 5.12. The van der Waals surface area contributed by atoms with Crippen molar-refractivity contribution >= 4 is 5.91 Å². The third-order valence-corrected chi connectivity index (χ3v) is 3.27. The molecule has 14 heavy (non-hydrogen) atoms. The van der Waals surface area contributed by atoms with Crippen LogP contribution in [0.4, 0.5) is 0 Å². The molecule has 1 rings (SSSR count). The maximum absolute atomic E-state index is 11.7. The van der Waals surface area contributed by atoms with Crippen molar-refractivity contribution in [3.05, 3.63) is 0 Å². The lowest BCUT2D eigenvalue weighted by Gasteiger charge is -2.34. The molecule has 0 spiro atoms. The minimum Gasteiger partial charge on any atom is -0.369 e. The first kappa shape index (κ1) is 11.5. The summed E-state index contributed by atoms with van der Waals surface area (Å²) in [6.45, 7) is 5.65. The maximum atomic E-state index is 11.7. The van der Waals surface area contributed by atoms with Gasteiger partial charge in [0.25, 0.3) is 5.91 Å². The Kier molecular flexibility index (Phi) is 3.53. The summed E-state index contributed by atoms with van der Waals surface area (Å²) in [5.74, 6) is 0.658. The molecular formula is C11H21NO2. The van der Waals surface area contributed by atoms with E-state index in [1.165, 1.54) is 19.3 Å². The molecule has 0 aliphatic heterocycles. The van der Waals surface area contributed by atoms with Crippen molar-refractivity contribution in [1.82, 2.24) is 5.32 Å². The van der Waals surface area contributed by atoms with E-state index in [9.17, 15) is 4.79 Å². The predicted octanol–water partition coefficient (Wildman–Crippen LogP) is 1.72. The van der Waals surface area contributed by atoms with Gasteiger partial charge in [-0.15, -0.1) is 0 Å². The molecule has 0 saturated heterocycles. The molecule has 0 bridgehead atoms. The Hall–Kier alpha value is -0.570. The van der Waals surface area contributed by atoms with Gasteiger partial charge in [-0.2, -0.15) is 0 Å². The van der Waals surface area contributed by atoms with E-state index in [4.69, 9.17) is 4.74 Å². The summed E-state index contributed by atoms with van der Waals surface area (Å²) in [4.78, 5) is 11.7. The Balaban J connectivity index is 2.39. The number of rotatable bonds is 4. The number of amides is 1. The van der Waals surface area contributed by atoms with Crippen molar-refractivity contribution < 1.29 is 9.53 Å². The monoisotopic (exact) mass is 199 g/mol. The van der Waals surface area contributed by atoms with Gasteiger partial charge in [-0.3, -0.25) is 4.79 Å². The molecule has 1 N–H and O–H groups in total. The van der Waals surface area contributed by atoms with E-state index in [1.54, 1.807) is 21.0 Å². The normalized spacial score (nSPS) is 20.0. The van der Waals surface area contributed by atoms with Crippen molar-refractivity contribution in [2.24, 2.45) is 5.92 Å². The highest BCUT2D eigenvalue weighted by Gasteiger charge is 2.31. The van der Waals surface area contributed by atoms with Gasteiger partial charge in [0.05, 0.1) is 0 Å². The molecule has 82 valence electrons. The average molecular weight is 199 g/mol. The molecule has 0 aromatic rings. The van der Waals surface area contributed by atoms with Crippen LogP contribution in [0.25, 0.3) is 0 Å². The van der Waals surface area contributed by atoms with Gasteiger partial charge in [0, 0.05) is 13.2 Å². The lowest BCUT2D eigenvalue weighted by Crippen LogP contribution is -2.50. The minimum atomic E-state index is -0.710. The molecule has 1 amide bonds. The van der Waals surface area contributed by atoms with E-state index >= 15 is 0 Å². The summed E-state index contributed by atoms with van der Waals surface area (Å²) in [6, 6.07) is 0.283. The maximum Gasteiger partial charge on any atom is 0.251 e. The van der Waals surface area contributed by atoms with E-state index < -0.39 is 5.60 Å². The molecular weight excluding hydrogens is 178 g/mol. The Morgan fingerprint density at radius 2 is 2.07 bits per heavy atom. The van der Waals surface area contributed by atoms with E-state index in [1.807, 2.05) is 0 Å². The number of carbonyl (C=O) groups excluding carboxylic acids is 1. The summed E-state index contributed by atoms with van der Waals surface area (Å²) in [5.41, 5.74) is -0.710. The lowest BCUT2D eigenvalue weighted by molar-refractivity contribution is -0.140. The summed E-state index contributed by atoms with van der Waals surface area (Å²) in [6.07, 6.45) is 3.79. The van der Waals surface area contributed by atoms with Crippen LogP contribution in [0.1, 0.15) is 40.0 Å². The second-order valence-corrected chi connectivity index (χ2v) is 4.67. The van der Waals surface area contributed by atoms with Gasteiger partial charge in [-0.05, 0) is 39.5 Å². The zero-order valence-corrected chi connectivity index (χ0v) is 9.59. The van der Waals surface area contributed by atoms with Gasteiger partial charge in [0.15, 0.2) is 0 Å². The molecule has 1 unspecified atom stereocenters. The molecule has 0 radical (unpaired) electrons. The Morgan fingerprint density at radius 3 is 2.43 bits per heavy atom. The molecule has 0 heterocycles. The quantitative estimate of drug-likeness (QED) is 0.748. The van der Waals surface area contributed by atoms with E-state index in [0.29, 0.717) is 5.92 Å². The van der Waals surface area contributed by atoms with Crippen LogP contribution in [0.3, 0.4) is 0 Å². The first-order chi connectivity index (χ1) is 6.47. The molecule has 0 aromatic heterocycles. The highest BCUT2D eigenvalue weighted by Crippen LogP contribution is 2.29. The van der Waals surface area contributed by atoms with Crippen LogP contribution < -0.4 is 5.32 Å².